The minimum atomic E-state index is -0.267. The van der Waals surface area contributed by atoms with E-state index in [1.165, 1.54) is 6.07 Å². The van der Waals surface area contributed by atoms with Gasteiger partial charge >= 0.3 is 0 Å². The predicted molar refractivity (Wildman–Crippen MR) is 85.8 cm³/mol. The number of methoxy groups -OCH3 is 1. The lowest BCUT2D eigenvalue weighted by molar-refractivity contribution is 0.199. The van der Waals surface area contributed by atoms with E-state index in [0.29, 0.717) is 29.5 Å². The summed E-state index contributed by atoms with van der Waals surface area (Å²) in [5, 5.41) is 3.88. The zero-order valence-corrected chi connectivity index (χ0v) is 13.2. The number of hydrogen-bond donors (Lipinski definition) is 1. The van der Waals surface area contributed by atoms with Crippen molar-refractivity contribution >= 4 is 11.6 Å². The number of ether oxygens (including phenoxy) is 2. The van der Waals surface area contributed by atoms with Crippen LogP contribution >= 0.6 is 11.6 Å². The molecule has 0 heterocycles. The van der Waals surface area contributed by atoms with Gasteiger partial charge in [0.1, 0.15) is 18.2 Å². The monoisotopic (exact) mass is 323 g/mol. The third kappa shape index (κ3) is 4.98. The van der Waals surface area contributed by atoms with Crippen LogP contribution in [0, 0.1) is 5.82 Å². The molecule has 0 saturated heterocycles. The summed E-state index contributed by atoms with van der Waals surface area (Å²) in [5.74, 6) is 0.425. The second kappa shape index (κ2) is 8.73. The lowest BCUT2D eigenvalue weighted by Crippen LogP contribution is -2.19. The lowest BCUT2D eigenvalue weighted by Gasteiger charge is -2.13. The van der Waals surface area contributed by atoms with Crippen LogP contribution in [-0.2, 0) is 17.9 Å². The molecule has 0 aromatic heterocycles. The molecule has 0 radical (unpaired) electrons. The number of rotatable bonds is 8. The van der Waals surface area contributed by atoms with Crippen molar-refractivity contribution in [2.75, 3.05) is 20.3 Å². The van der Waals surface area contributed by atoms with Gasteiger partial charge < -0.3 is 14.8 Å². The Morgan fingerprint density at radius 2 is 1.95 bits per heavy atom. The highest BCUT2D eigenvalue weighted by Crippen LogP contribution is 2.24. The zero-order chi connectivity index (χ0) is 15.8. The molecule has 3 nitrogen and oxygen atoms in total. The Hall–Kier alpha value is -1.62. The van der Waals surface area contributed by atoms with Gasteiger partial charge in [-0.05, 0) is 24.3 Å². The zero-order valence-electron chi connectivity index (χ0n) is 12.4. The van der Waals surface area contributed by atoms with Crippen molar-refractivity contribution in [1.82, 2.24) is 5.32 Å². The van der Waals surface area contributed by atoms with Crippen molar-refractivity contribution in [3.05, 3.63) is 64.4 Å². The molecule has 22 heavy (non-hydrogen) atoms. The van der Waals surface area contributed by atoms with E-state index in [1.807, 2.05) is 6.07 Å². The summed E-state index contributed by atoms with van der Waals surface area (Å²) in [6.45, 7) is 2.15. The molecule has 0 spiro atoms. The first-order valence-electron chi connectivity index (χ1n) is 7.05. The second-order valence-corrected chi connectivity index (χ2v) is 5.24. The molecule has 1 N–H and O–H groups in total. The number of hydrogen-bond acceptors (Lipinski definition) is 3. The minimum Gasteiger partial charge on any atom is -0.488 e. The van der Waals surface area contributed by atoms with E-state index >= 15 is 0 Å². The van der Waals surface area contributed by atoms with Gasteiger partial charge in [-0.25, -0.2) is 4.39 Å². The highest BCUT2D eigenvalue weighted by Gasteiger charge is 2.07. The Labute approximate surface area is 135 Å². The molecule has 2 aromatic carbocycles. The van der Waals surface area contributed by atoms with Gasteiger partial charge in [0.2, 0.25) is 0 Å². The first-order valence-corrected chi connectivity index (χ1v) is 7.43. The van der Waals surface area contributed by atoms with Gasteiger partial charge in [0.25, 0.3) is 0 Å². The highest BCUT2D eigenvalue weighted by atomic mass is 35.5. The molecule has 0 aliphatic heterocycles. The average molecular weight is 324 g/mol. The van der Waals surface area contributed by atoms with Crippen LogP contribution in [0.1, 0.15) is 11.1 Å². The fraction of sp³-hybridized carbons (Fsp3) is 0.294. The van der Waals surface area contributed by atoms with E-state index in [1.54, 1.807) is 37.4 Å². The maximum atomic E-state index is 13.6. The summed E-state index contributed by atoms with van der Waals surface area (Å²) in [6, 6.07) is 12.0. The Bertz CT molecular complexity index is 607. The summed E-state index contributed by atoms with van der Waals surface area (Å²) < 4.78 is 24.4. The van der Waals surface area contributed by atoms with Crippen LogP contribution in [0.15, 0.2) is 42.5 Å². The van der Waals surface area contributed by atoms with Crippen molar-refractivity contribution in [3.8, 4) is 5.75 Å². The molecule has 118 valence electrons. The summed E-state index contributed by atoms with van der Waals surface area (Å²) in [5.41, 5.74) is 1.45. The van der Waals surface area contributed by atoms with Crippen LogP contribution in [0.3, 0.4) is 0 Å². The Balaban J connectivity index is 2.01. The highest BCUT2D eigenvalue weighted by molar-refractivity contribution is 6.30. The molecule has 0 aliphatic rings. The van der Waals surface area contributed by atoms with Crippen molar-refractivity contribution in [1.29, 1.82) is 0 Å². The molecule has 0 bridgehead atoms. The van der Waals surface area contributed by atoms with E-state index in [4.69, 9.17) is 21.1 Å². The third-order valence-corrected chi connectivity index (χ3v) is 3.40. The lowest BCUT2D eigenvalue weighted by atomic mass is 10.2. The molecule has 0 amide bonds. The van der Waals surface area contributed by atoms with Crippen LogP contribution < -0.4 is 10.1 Å². The Morgan fingerprint density at radius 1 is 1.14 bits per heavy atom. The van der Waals surface area contributed by atoms with Gasteiger partial charge in [-0.1, -0.05) is 29.8 Å². The number of halogens is 2. The van der Waals surface area contributed by atoms with Crippen LogP contribution in [0.4, 0.5) is 4.39 Å². The van der Waals surface area contributed by atoms with Crippen LogP contribution in [0.2, 0.25) is 5.02 Å². The van der Waals surface area contributed by atoms with E-state index in [-0.39, 0.29) is 12.4 Å². The quantitative estimate of drug-likeness (QED) is 0.750. The Morgan fingerprint density at radius 3 is 2.73 bits per heavy atom. The van der Waals surface area contributed by atoms with Crippen molar-refractivity contribution in [3.63, 3.8) is 0 Å². The van der Waals surface area contributed by atoms with Crippen molar-refractivity contribution in [2.45, 2.75) is 13.2 Å². The molecular formula is C17H19ClFNO2. The molecule has 0 atom stereocenters. The molecule has 2 rings (SSSR count). The molecule has 0 saturated carbocycles. The normalized spacial score (nSPS) is 10.7. The SMILES string of the molecule is COCCNCc1cc(Cl)ccc1OCc1ccccc1F. The molecule has 0 aliphatic carbocycles. The van der Waals surface area contributed by atoms with E-state index in [0.717, 1.165) is 12.1 Å². The fourth-order valence-electron chi connectivity index (χ4n) is 2.00. The van der Waals surface area contributed by atoms with Crippen LogP contribution in [0.5, 0.6) is 5.75 Å². The Kier molecular flexibility index (Phi) is 6.65. The summed E-state index contributed by atoms with van der Waals surface area (Å²) in [7, 11) is 1.66. The van der Waals surface area contributed by atoms with Crippen LogP contribution in [0.25, 0.3) is 0 Å². The van der Waals surface area contributed by atoms with Crippen molar-refractivity contribution < 1.29 is 13.9 Å². The molecule has 0 unspecified atom stereocenters. The fourth-order valence-corrected chi connectivity index (χ4v) is 2.19. The first-order chi connectivity index (χ1) is 10.7. The standard InChI is InChI=1S/C17H19ClFNO2/c1-21-9-8-20-11-14-10-15(18)6-7-17(14)22-12-13-4-2-3-5-16(13)19/h2-7,10,20H,8-9,11-12H2,1H3. The molecule has 0 fully saturated rings. The summed E-state index contributed by atoms with van der Waals surface area (Å²) in [6.07, 6.45) is 0. The molecule has 2 aromatic rings. The summed E-state index contributed by atoms with van der Waals surface area (Å²) in [4.78, 5) is 0. The van der Waals surface area contributed by atoms with Crippen LogP contribution in [-0.4, -0.2) is 20.3 Å². The van der Waals surface area contributed by atoms with Gasteiger partial charge in [0.15, 0.2) is 0 Å². The van der Waals surface area contributed by atoms with Gasteiger partial charge in [-0.3, -0.25) is 0 Å². The molecule has 5 heteroatoms. The van der Waals surface area contributed by atoms with E-state index < -0.39 is 0 Å². The largest absolute Gasteiger partial charge is 0.488 e. The number of benzene rings is 2. The van der Waals surface area contributed by atoms with Gasteiger partial charge in [-0.15, -0.1) is 0 Å². The summed E-state index contributed by atoms with van der Waals surface area (Å²) >= 11 is 6.03. The second-order valence-electron chi connectivity index (χ2n) is 4.80. The third-order valence-electron chi connectivity index (χ3n) is 3.16. The predicted octanol–water partition coefficient (Wildman–Crippen LogP) is 3.79. The molecular weight excluding hydrogens is 305 g/mol. The van der Waals surface area contributed by atoms with E-state index in [9.17, 15) is 4.39 Å². The van der Waals surface area contributed by atoms with Crippen molar-refractivity contribution in [2.24, 2.45) is 0 Å². The smallest absolute Gasteiger partial charge is 0.129 e. The van der Waals surface area contributed by atoms with Gasteiger partial charge in [0, 0.05) is 36.3 Å². The first kappa shape index (κ1) is 16.7. The van der Waals surface area contributed by atoms with E-state index in [2.05, 4.69) is 5.32 Å². The van der Waals surface area contributed by atoms with Gasteiger partial charge in [0.05, 0.1) is 6.61 Å². The minimum absolute atomic E-state index is 0.180. The maximum absolute atomic E-state index is 13.6. The average Bonchev–Trinajstić information content (AvgIpc) is 2.52. The topological polar surface area (TPSA) is 30.5 Å². The van der Waals surface area contributed by atoms with Gasteiger partial charge in [-0.2, -0.15) is 0 Å². The number of nitrogens with one attached hydrogen (secondary N) is 1. The maximum Gasteiger partial charge on any atom is 0.129 e.